The molecule has 0 spiro atoms. The van der Waals surface area contributed by atoms with E-state index in [1.807, 2.05) is 0 Å². The summed E-state index contributed by atoms with van der Waals surface area (Å²) in [5.74, 6) is 1.44. The monoisotopic (exact) mass is 429 g/mol. The minimum Gasteiger partial charge on any atom is -0.383 e. The van der Waals surface area contributed by atoms with Crippen LogP contribution in [0.4, 0.5) is 5.69 Å². The highest BCUT2D eigenvalue weighted by molar-refractivity contribution is 5.81. The number of amides is 1. The van der Waals surface area contributed by atoms with Gasteiger partial charge < -0.3 is 25.6 Å². The number of ether oxygens (including phenoxy) is 1. The van der Waals surface area contributed by atoms with Crippen LogP contribution in [0.25, 0.3) is 0 Å². The van der Waals surface area contributed by atoms with Crippen molar-refractivity contribution in [2.75, 3.05) is 45.2 Å². The van der Waals surface area contributed by atoms with Gasteiger partial charge in [-0.05, 0) is 43.9 Å². The van der Waals surface area contributed by atoms with Crippen LogP contribution in [0.15, 0.2) is 29.3 Å². The second-order valence-corrected chi connectivity index (χ2v) is 8.56. The van der Waals surface area contributed by atoms with E-state index < -0.39 is 0 Å². The summed E-state index contributed by atoms with van der Waals surface area (Å²) in [7, 11) is 1.70. The molecule has 0 radical (unpaired) electrons. The molecule has 1 atom stereocenters. The van der Waals surface area contributed by atoms with Crippen molar-refractivity contribution in [1.82, 2.24) is 15.5 Å². The zero-order chi connectivity index (χ0) is 21.9. The Labute approximate surface area is 187 Å². The normalized spacial score (nSPS) is 20.0. The van der Waals surface area contributed by atoms with Gasteiger partial charge in [0.2, 0.25) is 5.91 Å². The fraction of sp³-hybridized carbons (Fsp3) is 0.667. The third-order valence-electron chi connectivity index (χ3n) is 6.15. The Morgan fingerprint density at radius 2 is 1.94 bits per heavy atom. The minimum absolute atomic E-state index is 0.251. The number of carbonyl (C=O) groups is 1. The molecule has 0 bridgehead atoms. The van der Waals surface area contributed by atoms with Gasteiger partial charge in [-0.2, -0.15) is 0 Å². The number of hydrogen-bond donors (Lipinski definition) is 3. The number of nitrogens with one attached hydrogen (secondary N) is 3. The first-order valence-corrected chi connectivity index (χ1v) is 11.8. The Morgan fingerprint density at radius 1 is 1.16 bits per heavy atom. The molecule has 2 fully saturated rings. The molecule has 1 aliphatic carbocycles. The summed E-state index contributed by atoms with van der Waals surface area (Å²) in [5, 5.41) is 10.2. The molecular formula is C24H39N5O2. The topological polar surface area (TPSA) is 78.0 Å². The Morgan fingerprint density at radius 3 is 2.65 bits per heavy atom. The van der Waals surface area contributed by atoms with E-state index in [2.05, 4.69) is 52.0 Å². The molecule has 1 unspecified atom stereocenters. The third-order valence-corrected chi connectivity index (χ3v) is 6.15. The lowest BCUT2D eigenvalue weighted by atomic mass is 9.88. The van der Waals surface area contributed by atoms with Gasteiger partial charge in [0.1, 0.15) is 0 Å². The molecule has 2 aliphatic rings. The third kappa shape index (κ3) is 7.42. The van der Waals surface area contributed by atoms with Gasteiger partial charge in [-0.15, -0.1) is 0 Å². The number of rotatable bonds is 9. The second-order valence-electron chi connectivity index (χ2n) is 8.56. The van der Waals surface area contributed by atoms with E-state index >= 15 is 0 Å². The molecule has 1 aromatic rings. The van der Waals surface area contributed by atoms with Crippen LogP contribution in [0, 0.1) is 5.92 Å². The molecule has 1 aliphatic heterocycles. The van der Waals surface area contributed by atoms with Crippen molar-refractivity contribution in [2.24, 2.45) is 10.9 Å². The molecule has 1 heterocycles. The van der Waals surface area contributed by atoms with Crippen molar-refractivity contribution < 1.29 is 9.53 Å². The minimum atomic E-state index is 0.251. The van der Waals surface area contributed by atoms with Gasteiger partial charge in [0.15, 0.2) is 5.96 Å². The summed E-state index contributed by atoms with van der Waals surface area (Å²) in [4.78, 5) is 19.6. The van der Waals surface area contributed by atoms with Gasteiger partial charge in [0.05, 0.1) is 13.2 Å². The number of anilines is 1. The van der Waals surface area contributed by atoms with Crippen LogP contribution in [-0.2, 0) is 16.1 Å². The van der Waals surface area contributed by atoms with Gasteiger partial charge in [-0.3, -0.25) is 4.79 Å². The zero-order valence-corrected chi connectivity index (χ0v) is 19.2. The first-order chi connectivity index (χ1) is 15.2. The van der Waals surface area contributed by atoms with Crippen molar-refractivity contribution in [3.63, 3.8) is 0 Å². The van der Waals surface area contributed by atoms with E-state index in [4.69, 9.17) is 9.73 Å². The van der Waals surface area contributed by atoms with Crippen LogP contribution in [-0.4, -0.2) is 62.7 Å². The predicted molar refractivity (Wildman–Crippen MR) is 126 cm³/mol. The molecule has 0 aromatic heterocycles. The first kappa shape index (κ1) is 23.4. The lowest BCUT2D eigenvalue weighted by Gasteiger charge is -2.26. The zero-order valence-electron chi connectivity index (χ0n) is 19.2. The first-order valence-electron chi connectivity index (χ1n) is 11.8. The number of benzene rings is 1. The summed E-state index contributed by atoms with van der Waals surface area (Å²) in [6, 6.07) is 8.61. The maximum atomic E-state index is 12.8. The molecule has 7 nitrogen and oxygen atoms in total. The van der Waals surface area contributed by atoms with E-state index in [1.165, 1.54) is 19.3 Å². The largest absolute Gasteiger partial charge is 0.383 e. The van der Waals surface area contributed by atoms with E-state index in [0.29, 0.717) is 19.1 Å². The Kier molecular flexibility index (Phi) is 9.46. The summed E-state index contributed by atoms with van der Waals surface area (Å²) >= 11 is 0. The van der Waals surface area contributed by atoms with Crippen LogP contribution in [0.5, 0.6) is 0 Å². The van der Waals surface area contributed by atoms with Gasteiger partial charge in [0.25, 0.3) is 0 Å². The molecule has 3 N–H and O–H groups in total. The molecule has 1 saturated carbocycles. The standard InChI is InChI=1S/C24H39N5O2/c1-3-25-24(27-17-19-9-11-21(12-10-19)26-14-16-31-2)28-22-13-15-29(18-22)23(30)20-7-5-4-6-8-20/h9-12,20,22,26H,3-8,13-18H2,1-2H3,(H2,25,27,28). The Bertz CT molecular complexity index is 700. The smallest absolute Gasteiger partial charge is 0.225 e. The van der Waals surface area contributed by atoms with Crippen molar-refractivity contribution in [1.29, 1.82) is 0 Å². The van der Waals surface area contributed by atoms with E-state index in [9.17, 15) is 4.79 Å². The van der Waals surface area contributed by atoms with Crippen LogP contribution >= 0.6 is 0 Å². The average molecular weight is 430 g/mol. The molecular weight excluding hydrogens is 390 g/mol. The maximum absolute atomic E-state index is 12.8. The SMILES string of the molecule is CCNC(=NCc1ccc(NCCOC)cc1)NC1CCN(C(=O)C2CCCCC2)C1. The maximum Gasteiger partial charge on any atom is 0.225 e. The number of carbonyl (C=O) groups excluding carboxylic acids is 1. The second kappa shape index (κ2) is 12.5. The van der Waals surface area contributed by atoms with E-state index in [0.717, 1.165) is 62.7 Å². The number of aliphatic imine (C=N–C) groups is 1. The Balaban J connectivity index is 1.48. The molecule has 1 aromatic carbocycles. The van der Waals surface area contributed by atoms with Gasteiger partial charge in [0, 0.05) is 50.9 Å². The van der Waals surface area contributed by atoms with Gasteiger partial charge in [-0.25, -0.2) is 4.99 Å². The average Bonchev–Trinajstić information content (AvgIpc) is 3.27. The van der Waals surface area contributed by atoms with Gasteiger partial charge in [-0.1, -0.05) is 31.4 Å². The fourth-order valence-electron chi connectivity index (χ4n) is 4.40. The number of methoxy groups -OCH3 is 1. The summed E-state index contributed by atoms with van der Waals surface area (Å²) in [6.07, 6.45) is 6.80. The highest BCUT2D eigenvalue weighted by Gasteiger charge is 2.31. The molecule has 31 heavy (non-hydrogen) atoms. The van der Waals surface area contributed by atoms with Crippen LogP contribution in [0.3, 0.4) is 0 Å². The number of nitrogens with zero attached hydrogens (tertiary/aromatic N) is 2. The van der Waals surface area contributed by atoms with Crippen molar-refractivity contribution >= 4 is 17.6 Å². The van der Waals surface area contributed by atoms with Crippen molar-refractivity contribution in [3.05, 3.63) is 29.8 Å². The number of hydrogen-bond acceptors (Lipinski definition) is 4. The molecule has 172 valence electrons. The quantitative estimate of drug-likeness (QED) is 0.320. The lowest BCUT2D eigenvalue weighted by molar-refractivity contribution is -0.135. The predicted octanol–water partition coefficient (Wildman–Crippen LogP) is 2.98. The van der Waals surface area contributed by atoms with Crippen molar-refractivity contribution in [3.8, 4) is 0 Å². The summed E-state index contributed by atoms with van der Waals surface area (Å²) < 4.78 is 5.06. The fourth-order valence-corrected chi connectivity index (χ4v) is 4.40. The summed E-state index contributed by atoms with van der Waals surface area (Å²) in [6.45, 7) is 6.62. The van der Waals surface area contributed by atoms with E-state index in [1.54, 1.807) is 7.11 Å². The van der Waals surface area contributed by atoms with Crippen LogP contribution in [0.1, 0.15) is 51.0 Å². The highest BCUT2D eigenvalue weighted by Crippen LogP contribution is 2.26. The lowest BCUT2D eigenvalue weighted by Crippen LogP contribution is -2.45. The molecule has 1 amide bonds. The van der Waals surface area contributed by atoms with Crippen LogP contribution in [0.2, 0.25) is 0 Å². The van der Waals surface area contributed by atoms with E-state index in [-0.39, 0.29) is 12.0 Å². The summed E-state index contributed by atoms with van der Waals surface area (Å²) in [5.41, 5.74) is 2.25. The molecule has 3 rings (SSSR count). The molecule has 1 saturated heterocycles. The number of guanidine groups is 1. The van der Waals surface area contributed by atoms with Crippen LogP contribution < -0.4 is 16.0 Å². The Hall–Kier alpha value is -2.28. The number of likely N-dealkylation sites (tertiary alicyclic amines) is 1. The van der Waals surface area contributed by atoms with Crippen molar-refractivity contribution in [2.45, 2.75) is 58.0 Å². The van der Waals surface area contributed by atoms with Gasteiger partial charge >= 0.3 is 0 Å². The highest BCUT2D eigenvalue weighted by atomic mass is 16.5. The molecule has 7 heteroatoms.